The number of hydrogen-bond donors (Lipinski definition) is 0. The van der Waals surface area contributed by atoms with Crippen LogP contribution in [0.25, 0.3) is 0 Å². The van der Waals surface area contributed by atoms with Crippen LogP contribution in [-0.2, 0) is 4.65 Å². The van der Waals surface area contributed by atoms with Gasteiger partial charge in [-0.2, -0.15) is 0 Å². The van der Waals surface area contributed by atoms with Crippen LogP contribution in [0.1, 0.15) is 20.8 Å². The normalized spacial score (nSPS) is 11.4. The van der Waals surface area contributed by atoms with Gasteiger partial charge in [-0.25, -0.2) is 0 Å². The minimum absolute atomic E-state index is 0.0516. The SMILES string of the molecule is BC(C)(C)OBCC. The van der Waals surface area contributed by atoms with E-state index in [9.17, 15) is 0 Å². The lowest BCUT2D eigenvalue weighted by molar-refractivity contribution is 0.209. The van der Waals surface area contributed by atoms with E-state index in [1.807, 2.05) is 0 Å². The van der Waals surface area contributed by atoms with Crippen molar-refractivity contribution >= 4 is 15.3 Å². The smallest absolute Gasteiger partial charge is 0.274 e. The molecule has 0 aromatic rings. The summed E-state index contributed by atoms with van der Waals surface area (Å²) in [6, 6.07) is 0. The fraction of sp³-hybridized carbons (Fsp3) is 1.00. The molecule has 8 heavy (non-hydrogen) atoms. The van der Waals surface area contributed by atoms with Gasteiger partial charge in [0.25, 0.3) is 7.48 Å². The predicted molar refractivity (Wildman–Crippen MR) is 41.3 cm³/mol. The van der Waals surface area contributed by atoms with Gasteiger partial charge in [-0.1, -0.05) is 13.2 Å². The molecule has 0 fully saturated rings. The Balaban J connectivity index is 3.11. The Labute approximate surface area is 53.5 Å². The zero-order valence-electron chi connectivity index (χ0n) is 6.32. The first-order valence-corrected chi connectivity index (χ1v) is 3.20. The second kappa shape index (κ2) is 3.18. The van der Waals surface area contributed by atoms with Gasteiger partial charge in [0.1, 0.15) is 7.85 Å². The molecule has 3 heteroatoms. The van der Waals surface area contributed by atoms with Crippen LogP contribution in [0.2, 0.25) is 6.32 Å². The van der Waals surface area contributed by atoms with Crippen LogP contribution in [0.3, 0.4) is 0 Å². The predicted octanol–water partition coefficient (Wildman–Crippen LogP) is 0.162. The summed E-state index contributed by atoms with van der Waals surface area (Å²) in [4.78, 5) is 0. The summed E-state index contributed by atoms with van der Waals surface area (Å²) >= 11 is 0. The Kier molecular flexibility index (Phi) is 3.22. The first-order chi connectivity index (χ1) is 3.56. The van der Waals surface area contributed by atoms with Crippen molar-refractivity contribution in [3.8, 4) is 0 Å². The van der Waals surface area contributed by atoms with Gasteiger partial charge in [-0.3, -0.25) is 0 Å². The van der Waals surface area contributed by atoms with Crippen LogP contribution >= 0.6 is 0 Å². The van der Waals surface area contributed by atoms with Gasteiger partial charge in [-0.15, -0.1) is 0 Å². The Bertz CT molecular complexity index is 57.9. The third kappa shape index (κ3) is 6.09. The molecule has 0 aliphatic rings. The van der Waals surface area contributed by atoms with Crippen LogP contribution in [0.4, 0.5) is 0 Å². The molecule has 0 amide bonds. The minimum atomic E-state index is 0.0516. The fourth-order valence-corrected chi connectivity index (χ4v) is 0.408. The van der Waals surface area contributed by atoms with Crippen LogP contribution in [0.5, 0.6) is 0 Å². The van der Waals surface area contributed by atoms with Crippen molar-refractivity contribution in [3.63, 3.8) is 0 Å². The van der Waals surface area contributed by atoms with Crippen LogP contribution in [0.15, 0.2) is 0 Å². The van der Waals surface area contributed by atoms with Crippen molar-refractivity contribution in [3.05, 3.63) is 0 Å². The van der Waals surface area contributed by atoms with Crippen molar-refractivity contribution in [2.45, 2.75) is 32.6 Å². The molecular formula is C5H14B2O. The summed E-state index contributed by atoms with van der Waals surface area (Å²) < 4.78 is 5.38. The molecule has 1 nitrogen and oxygen atoms in total. The Morgan fingerprint density at radius 2 is 2.12 bits per heavy atom. The van der Waals surface area contributed by atoms with E-state index in [1.54, 1.807) is 0 Å². The van der Waals surface area contributed by atoms with Gasteiger partial charge in [0.2, 0.25) is 0 Å². The van der Waals surface area contributed by atoms with E-state index in [-0.39, 0.29) is 5.50 Å². The summed E-state index contributed by atoms with van der Waals surface area (Å²) in [5.74, 6) is 0. The lowest BCUT2D eigenvalue weighted by Crippen LogP contribution is -2.25. The third-order valence-electron chi connectivity index (χ3n) is 0.739. The van der Waals surface area contributed by atoms with Gasteiger partial charge in [0, 0.05) is 5.50 Å². The first-order valence-electron chi connectivity index (χ1n) is 3.20. The van der Waals surface area contributed by atoms with E-state index < -0.39 is 0 Å². The van der Waals surface area contributed by atoms with Crippen molar-refractivity contribution in [1.82, 2.24) is 0 Å². The molecule has 0 aliphatic carbocycles. The van der Waals surface area contributed by atoms with Gasteiger partial charge in [0.05, 0.1) is 0 Å². The van der Waals surface area contributed by atoms with E-state index in [1.165, 1.54) is 0 Å². The topological polar surface area (TPSA) is 9.23 Å². The van der Waals surface area contributed by atoms with Crippen molar-refractivity contribution < 1.29 is 4.65 Å². The quantitative estimate of drug-likeness (QED) is 0.472. The molecule has 0 atom stereocenters. The van der Waals surface area contributed by atoms with E-state index in [2.05, 4.69) is 28.6 Å². The summed E-state index contributed by atoms with van der Waals surface area (Å²) in [5, 5.41) is 0. The molecule has 0 rings (SSSR count). The molecule has 46 valence electrons. The largest absolute Gasteiger partial charge is 0.442 e. The second-order valence-corrected chi connectivity index (χ2v) is 2.96. The summed E-state index contributed by atoms with van der Waals surface area (Å²) in [7, 11) is 2.95. The van der Waals surface area contributed by atoms with Crippen LogP contribution in [0, 0.1) is 0 Å². The van der Waals surface area contributed by atoms with Gasteiger partial charge >= 0.3 is 0 Å². The molecule has 0 aliphatic heterocycles. The van der Waals surface area contributed by atoms with E-state index in [0.717, 1.165) is 13.8 Å². The summed E-state index contributed by atoms with van der Waals surface area (Å²) in [5.41, 5.74) is 0.0516. The van der Waals surface area contributed by atoms with Crippen molar-refractivity contribution in [1.29, 1.82) is 0 Å². The van der Waals surface area contributed by atoms with E-state index in [4.69, 9.17) is 4.65 Å². The number of rotatable bonds is 3. The molecule has 0 aromatic carbocycles. The maximum Gasteiger partial charge on any atom is 0.274 e. The number of hydrogen-bond acceptors (Lipinski definition) is 1. The third-order valence-corrected chi connectivity index (χ3v) is 0.739. The maximum absolute atomic E-state index is 5.38. The Morgan fingerprint density at radius 1 is 1.62 bits per heavy atom. The average molecular weight is 112 g/mol. The Morgan fingerprint density at radius 3 is 2.25 bits per heavy atom. The highest BCUT2D eigenvalue weighted by Gasteiger charge is 2.07. The molecule has 0 aromatic heterocycles. The minimum Gasteiger partial charge on any atom is -0.442 e. The molecule has 0 spiro atoms. The lowest BCUT2D eigenvalue weighted by atomic mass is 9.82. The Hall–Kier alpha value is 0.0899. The summed E-state index contributed by atoms with van der Waals surface area (Å²) in [6.07, 6.45) is 1.11. The average Bonchev–Trinajstić information content (AvgIpc) is 1.59. The molecule has 0 unspecified atom stereocenters. The fourth-order valence-electron chi connectivity index (χ4n) is 0.408. The van der Waals surface area contributed by atoms with E-state index >= 15 is 0 Å². The molecule has 0 saturated carbocycles. The molecular weight excluding hydrogens is 97.7 g/mol. The molecule has 0 heterocycles. The van der Waals surface area contributed by atoms with Gasteiger partial charge in [-0.05, 0) is 13.8 Å². The maximum atomic E-state index is 5.38. The second-order valence-electron chi connectivity index (χ2n) is 2.96. The van der Waals surface area contributed by atoms with Gasteiger partial charge in [0.15, 0.2) is 0 Å². The first kappa shape index (κ1) is 8.09. The molecule has 0 saturated heterocycles. The highest BCUT2D eigenvalue weighted by atomic mass is 16.4. The van der Waals surface area contributed by atoms with Gasteiger partial charge < -0.3 is 4.65 Å². The highest BCUT2D eigenvalue weighted by molar-refractivity contribution is 6.29. The van der Waals surface area contributed by atoms with Crippen molar-refractivity contribution in [2.24, 2.45) is 0 Å². The standard InChI is InChI=1S/C5H14B2O/c1-4-7-8-5(2,3)6/h7H,4,6H2,1-3H3. The summed E-state index contributed by atoms with van der Waals surface area (Å²) in [6.45, 7) is 6.26. The van der Waals surface area contributed by atoms with Crippen LogP contribution < -0.4 is 0 Å². The molecule has 0 radical (unpaired) electrons. The molecule has 0 bridgehead atoms. The van der Waals surface area contributed by atoms with E-state index in [0.29, 0.717) is 0 Å². The lowest BCUT2D eigenvalue weighted by Gasteiger charge is -2.18. The molecule has 0 N–H and O–H groups in total. The monoisotopic (exact) mass is 112 g/mol. The highest BCUT2D eigenvalue weighted by Crippen LogP contribution is 2.00. The van der Waals surface area contributed by atoms with Crippen molar-refractivity contribution in [2.75, 3.05) is 0 Å². The zero-order chi connectivity index (χ0) is 6.62. The zero-order valence-corrected chi connectivity index (χ0v) is 6.32. The van der Waals surface area contributed by atoms with Crippen LogP contribution in [-0.4, -0.2) is 20.8 Å².